The average Bonchev–Trinajstić information content (AvgIpc) is 2.40. The molecule has 1 heterocycles. The van der Waals surface area contributed by atoms with Crippen molar-refractivity contribution >= 4 is 0 Å². The van der Waals surface area contributed by atoms with Crippen LogP contribution in [0.15, 0.2) is 0 Å². The lowest BCUT2D eigenvalue weighted by molar-refractivity contribution is 0.544. The molecule has 0 spiro atoms. The van der Waals surface area contributed by atoms with E-state index in [4.69, 9.17) is 0 Å². The van der Waals surface area contributed by atoms with Gasteiger partial charge in [0, 0.05) is 6.42 Å². The number of hydrogen-bond donors (Lipinski definition) is 1. The first-order valence-electron chi connectivity index (χ1n) is 3.55. The van der Waals surface area contributed by atoms with E-state index in [2.05, 4.69) is 34.5 Å². The maximum absolute atomic E-state index is 3.86. The molecule has 0 aliphatic carbocycles. The highest BCUT2D eigenvalue weighted by atomic mass is 15.5. The summed E-state index contributed by atoms with van der Waals surface area (Å²) in [6.45, 7) is 4.33. The third kappa shape index (κ3) is 1.79. The van der Waals surface area contributed by atoms with Gasteiger partial charge in [-0.15, -0.1) is 10.2 Å². The Balaban J connectivity index is 2.40. The van der Waals surface area contributed by atoms with Gasteiger partial charge in [0.05, 0.1) is 0 Å². The highest BCUT2D eigenvalue weighted by Gasteiger charge is 2.03. The molecule has 1 aromatic heterocycles. The van der Waals surface area contributed by atoms with E-state index >= 15 is 0 Å². The zero-order chi connectivity index (χ0) is 7.40. The van der Waals surface area contributed by atoms with Crippen molar-refractivity contribution in [3.8, 4) is 0 Å². The van der Waals surface area contributed by atoms with E-state index in [0.717, 1.165) is 18.7 Å². The molecule has 1 N–H and O–H groups in total. The van der Waals surface area contributed by atoms with Crippen molar-refractivity contribution in [1.29, 1.82) is 0 Å². The Hall–Kier alpha value is -0.930. The quantitative estimate of drug-likeness (QED) is 0.675. The summed E-state index contributed by atoms with van der Waals surface area (Å²) in [6, 6.07) is 0. The number of hydrogen-bond acceptors (Lipinski definition) is 3. The van der Waals surface area contributed by atoms with Gasteiger partial charge in [-0.25, -0.2) is 0 Å². The van der Waals surface area contributed by atoms with Crippen LogP contribution in [0.2, 0.25) is 0 Å². The van der Waals surface area contributed by atoms with Crippen molar-refractivity contribution in [2.24, 2.45) is 5.92 Å². The first-order chi connectivity index (χ1) is 4.83. The molecule has 0 aliphatic rings. The molecule has 0 radical (unpaired) electrons. The fourth-order valence-corrected chi connectivity index (χ4v) is 0.725. The summed E-state index contributed by atoms with van der Waals surface area (Å²) >= 11 is 0. The Kier molecular flexibility index (Phi) is 2.36. The van der Waals surface area contributed by atoms with Gasteiger partial charge in [0.1, 0.15) is 0 Å². The van der Waals surface area contributed by atoms with Gasteiger partial charge < -0.3 is 0 Å². The summed E-state index contributed by atoms with van der Waals surface area (Å²) in [6.07, 6.45) is 2.08. The van der Waals surface area contributed by atoms with Crippen LogP contribution in [0, 0.1) is 5.92 Å². The van der Waals surface area contributed by atoms with Crippen LogP contribution in [0.25, 0.3) is 0 Å². The standard InChI is InChI=1S/C6H12N4/c1-3-5(2)4-6-7-9-10-8-6/h5H,3-4H2,1-2H3,(H,7,8,9,10). The summed E-state index contributed by atoms with van der Waals surface area (Å²) in [5.74, 6) is 1.46. The van der Waals surface area contributed by atoms with Crippen molar-refractivity contribution in [3.63, 3.8) is 0 Å². The van der Waals surface area contributed by atoms with Gasteiger partial charge in [-0.3, -0.25) is 0 Å². The maximum atomic E-state index is 3.86. The van der Waals surface area contributed by atoms with E-state index in [1.165, 1.54) is 0 Å². The average molecular weight is 140 g/mol. The summed E-state index contributed by atoms with van der Waals surface area (Å²) < 4.78 is 0. The summed E-state index contributed by atoms with van der Waals surface area (Å²) in [7, 11) is 0. The fraction of sp³-hybridized carbons (Fsp3) is 0.833. The number of aromatic amines is 1. The van der Waals surface area contributed by atoms with E-state index in [9.17, 15) is 0 Å². The van der Waals surface area contributed by atoms with Crippen molar-refractivity contribution in [2.45, 2.75) is 26.7 Å². The Bertz CT molecular complexity index is 170. The molecule has 0 saturated heterocycles. The van der Waals surface area contributed by atoms with Gasteiger partial charge in [0.15, 0.2) is 5.82 Å². The second-order valence-electron chi connectivity index (χ2n) is 2.55. The molecule has 1 atom stereocenters. The third-order valence-electron chi connectivity index (χ3n) is 1.62. The SMILES string of the molecule is CCC(C)Cc1nn[nH]n1. The second-order valence-corrected chi connectivity index (χ2v) is 2.55. The van der Waals surface area contributed by atoms with Crippen molar-refractivity contribution in [1.82, 2.24) is 20.6 Å². The monoisotopic (exact) mass is 140 g/mol. The number of aromatic nitrogens is 4. The highest BCUT2D eigenvalue weighted by molar-refractivity contribution is 4.77. The Morgan fingerprint density at radius 1 is 1.60 bits per heavy atom. The molecule has 4 heteroatoms. The normalized spacial score (nSPS) is 13.4. The van der Waals surface area contributed by atoms with Gasteiger partial charge >= 0.3 is 0 Å². The van der Waals surface area contributed by atoms with Crippen LogP contribution in [0.1, 0.15) is 26.1 Å². The molecule has 1 rings (SSSR count). The Morgan fingerprint density at radius 2 is 2.40 bits per heavy atom. The van der Waals surface area contributed by atoms with Crippen molar-refractivity contribution < 1.29 is 0 Å². The van der Waals surface area contributed by atoms with E-state index in [-0.39, 0.29) is 0 Å². The molecule has 4 nitrogen and oxygen atoms in total. The van der Waals surface area contributed by atoms with Crippen LogP contribution in [0.3, 0.4) is 0 Å². The molecule has 1 unspecified atom stereocenters. The second kappa shape index (κ2) is 3.29. The summed E-state index contributed by atoms with van der Waals surface area (Å²) in [4.78, 5) is 0. The largest absolute Gasteiger partial charge is 0.177 e. The van der Waals surface area contributed by atoms with E-state index < -0.39 is 0 Å². The fourth-order valence-electron chi connectivity index (χ4n) is 0.725. The number of rotatable bonds is 3. The van der Waals surface area contributed by atoms with E-state index in [1.807, 2.05) is 0 Å². The lowest BCUT2D eigenvalue weighted by Crippen LogP contribution is -1.99. The van der Waals surface area contributed by atoms with Crippen LogP contribution in [-0.2, 0) is 6.42 Å². The molecule has 0 bridgehead atoms. The predicted molar refractivity (Wildman–Crippen MR) is 37.3 cm³/mol. The molecule has 0 aromatic carbocycles. The lowest BCUT2D eigenvalue weighted by Gasteiger charge is -2.01. The third-order valence-corrected chi connectivity index (χ3v) is 1.62. The zero-order valence-electron chi connectivity index (χ0n) is 6.33. The van der Waals surface area contributed by atoms with E-state index in [0.29, 0.717) is 5.92 Å². The Morgan fingerprint density at radius 3 is 2.90 bits per heavy atom. The molecule has 0 saturated carbocycles. The zero-order valence-corrected chi connectivity index (χ0v) is 6.33. The highest BCUT2D eigenvalue weighted by Crippen LogP contribution is 2.05. The molecule has 0 amide bonds. The van der Waals surface area contributed by atoms with Gasteiger partial charge in [0.2, 0.25) is 0 Å². The van der Waals surface area contributed by atoms with Crippen molar-refractivity contribution in [3.05, 3.63) is 5.82 Å². The van der Waals surface area contributed by atoms with Crippen molar-refractivity contribution in [2.75, 3.05) is 0 Å². The van der Waals surface area contributed by atoms with Gasteiger partial charge in [-0.05, 0) is 5.92 Å². The number of nitrogens with zero attached hydrogens (tertiary/aromatic N) is 3. The van der Waals surface area contributed by atoms with Gasteiger partial charge in [-0.2, -0.15) is 5.21 Å². The van der Waals surface area contributed by atoms with Gasteiger partial charge in [0.25, 0.3) is 0 Å². The molecule has 0 fully saturated rings. The number of H-pyrrole nitrogens is 1. The topological polar surface area (TPSA) is 54.5 Å². The lowest BCUT2D eigenvalue weighted by atomic mass is 10.1. The van der Waals surface area contributed by atoms with E-state index in [1.54, 1.807) is 0 Å². The number of nitrogens with one attached hydrogen (secondary N) is 1. The molecular weight excluding hydrogens is 128 g/mol. The minimum Gasteiger partial charge on any atom is -0.177 e. The van der Waals surface area contributed by atoms with Gasteiger partial charge in [-0.1, -0.05) is 25.5 Å². The summed E-state index contributed by atoms with van der Waals surface area (Å²) in [5.41, 5.74) is 0. The minimum absolute atomic E-state index is 0.651. The maximum Gasteiger partial charge on any atom is 0.174 e. The smallest absolute Gasteiger partial charge is 0.174 e. The molecule has 1 aromatic rings. The first-order valence-corrected chi connectivity index (χ1v) is 3.55. The molecule has 0 aliphatic heterocycles. The van der Waals surface area contributed by atoms with Crippen LogP contribution in [0.4, 0.5) is 0 Å². The van der Waals surface area contributed by atoms with Crippen LogP contribution in [-0.4, -0.2) is 20.6 Å². The first kappa shape index (κ1) is 7.18. The predicted octanol–water partition coefficient (Wildman–Crippen LogP) is 0.788. The molecule has 56 valence electrons. The van der Waals surface area contributed by atoms with Crippen LogP contribution in [0.5, 0.6) is 0 Å². The van der Waals surface area contributed by atoms with Crippen LogP contribution < -0.4 is 0 Å². The number of tetrazole rings is 1. The Labute approximate surface area is 60.0 Å². The van der Waals surface area contributed by atoms with Crippen LogP contribution >= 0.6 is 0 Å². The summed E-state index contributed by atoms with van der Waals surface area (Å²) in [5, 5.41) is 13.6. The minimum atomic E-state index is 0.651. The molecule has 10 heavy (non-hydrogen) atoms. The molecular formula is C6H12N4.